The van der Waals surface area contributed by atoms with Gasteiger partial charge in [0.05, 0.1) is 11.7 Å². The highest BCUT2D eigenvalue weighted by molar-refractivity contribution is 5.65. The topological polar surface area (TPSA) is 65.4 Å². The molecule has 4 rings (SSSR count). The maximum absolute atomic E-state index is 13.2. The van der Waals surface area contributed by atoms with Crippen molar-refractivity contribution in [1.29, 1.82) is 0 Å². The first-order chi connectivity index (χ1) is 11.7. The van der Waals surface area contributed by atoms with E-state index in [1.54, 1.807) is 41.1 Å². The Kier molecular flexibility index (Phi) is 3.35. The summed E-state index contributed by atoms with van der Waals surface area (Å²) >= 11 is 0. The summed E-state index contributed by atoms with van der Waals surface area (Å²) in [6, 6.07) is 15.2. The number of nitrogens with two attached hydrogens (primary N) is 1. The van der Waals surface area contributed by atoms with Crippen LogP contribution < -0.4 is 10.5 Å². The highest BCUT2D eigenvalue weighted by Gasteiger charge is 2.09. The van der Waals surface area contributed by atoms with E-state index < -0.39 is 0 Å². The molecule has 0 bridgehead atoms. The molecular formula is C18H13FN4O. The summed E-state index contributed by atoms with van der Waals surface area (Å²) in [6.45, 7) is 0. The molecule has 2 aromatic heterocycles. The lowest BCUT2D eigenvalue weighted by Crippen LogP contribution is -2.00. The monoisotopic (exact) mass is 320 g/mol. The van der Waals surface area contributed by atoms with Crippen molar-refractivity contribution in [1.82, 2.24) is 14.4 Å². The zero-order valence-electron chi connectivity index (χ0n) is 12.6. The standard InChI is InChI=1S/C18H13FN4O/c19-13-2-1-3-16(10-13)24-15-6-4-12(5-7-15)17-22-11-14-8-9-21-18(20)23(14)17/h1-11H,(H2,20,21). The summed E-state index contributed by atoms with van der Waals surface area (Å²) in [6.07, 6.45) is 3.39. The van der Waals surface area contributed by atoms with E-state index >= 15 is 0 Å². The Hall–Kier alpha value is -3.41. The Balaban J connectivity index is 1.66. The highest BCUT2D eigenvalue weighted by Crippen LogP contribution is 2.26. The van der Waals surface area contributed by atoms with Gasteiger partial charge < -0.3 is 10.5 Å². The molecule has 2 heterocycles. The Bertz CT molecular complexity index is 1010. The van der Waals surface area contributed by atoms with Crippen molar-refractivity contribution >= 4 is 11.5 Å². The van der Waals surface area contributed by atoms with E-state index in [0.717, 1.165) is 11.1 Å². The molecule has 2 aromatic carbocycles. The molecule has 2 N–H and O–H groups in total. The van der Waals surface area contributed by atoms with Gasteiger partial charge in [-0.1, -0.05) is 6.07 Å². The minimum Gasteiger partial charge on any atom is -0.457 e. The average molecular weight is 320 g/mol. The van der Waals surface area contributed by atoms with Gasteiger partial charge in [0.1, 0.15) is 23.1 Å². The second-order valence-corrected chi connectivity index (χ2v) is 5.23. The number of imidazole rings is 1. The number of hydrogen-bond acceptors (Lipinski definition) is 4. The van der Waals surface area contributed by atoms with Crippen molar-refractivity contribution in [2.75, 3.05) is 5.73 Å². The van der Waals surface area contributed by atoms with Gasteiger partial charge in [-0.25, -0.2) is 14.4 Å². The van der Waals surface area contributed by atoms with Gasteiger partial charge in [-0.05, 0) is 42.5 Å². The predicted molar refractivity (Wildman–Crippen MR) is 89.3 cm³/mol. The summed E-state index contributed by atoms with van der Waals surface area (Å²) in [5.74, 6) is 1.79. The summed E-state index contributed by atoms with van der Waals surface area (Å²) in [5.41, 5.74) is 7.69. The largest absolute Gasteiger partial charge is 0.457 e. The van der Waals surface area contributed by atoms with Crippen LogP contribution in [0, 0.1) is 5.82 Å². The molecule has 0 radical (unpaired) electrons. The zero-order chi connectivity index (χ0) is 16.5. The molecule has 0 aliphatic rings. The smallest absolute Gasteiger partial charge is 0.206 e. The number of halogens is 1. The van der Waals surface area contributed by atoms with Gasteiger partial charge in [0.25, 0.3) is 0 Å². The third kappa shape index (κ3) is 2.54. The third-order valence-corrected chi connectivity index (χ3v) is 3.61. The number of fused-ring (bicyclic) bond motifs is 1. The van der Waals surface area contributed by atoms with Gasteiger partial charge >= 0.3 is 0 Å². The first-order valence-electron chi connectivity index (χ1n) is 7.32. The van der Waals surface area contributed by atoms with Gasteiger partial charge in [-0.15, -0.1) is 0 Å². The number of ether oxygens (including phenoxy) is 1. The molecule has 0 spiro atoms. The van der Waals surface area contributed by atoms with E-state index in [-0.39, 0.29) is 5.82 Å². The number of anilines is 1. The first-order valence-corrected chi connectivity index (χ1v) is 7.32. The van der Waals surface area contributed by atoms with Crippen molar-refractivity contribution in [3.63, 3.8) is 0 Å². The number of benzene rings is 2. The van der Waals surface area contributed by atoms with Crippen molar-refractivity contribution < 1.29 is 9.13 Å². The lowest BCUT2D eigenvalue weighted by molar-refractivity contribution is 0.477. The first kappa shape index (κ1) is 14.2. The van der Waals surface area contributed by atoms with E-state index in [0.29, 0.717) is 23.3 Å². The molecule has 0 saturated heterocycles. The minimum absolute atomic E-state index is 0.337. The van der Waals surface area contributed by atoms with Gasteiger partial charge in [-0.2, -0.15) is 0 Å². The van der Waals surface area contributed by atoms with Crippen LogP contribution in [0.4, 0.5) is 10.3 Å². The lowest BCUT2D eigenvalue weighted by Gasteiger charge is -2.07. The van der Waals surface area contributed by atoms with Crippen molar-refractivity contribution in [3.05, 3.63) is 72.8 Å². The van der Waals surface area contributed by atoms with Crippen LogP contribution in [0.15, 0.2) is 67.0 Å². The summed E-state index contributed by atoms with van der Waals surface area (Å²) in [5, 5.41) is 0. The van der Waals surface area contributed by atoms with Crippen LogP contribution in [0.25, 0.3) is 16.9 Å². The van der Waals surface area contributed by atoms with Gasteiger partial charge in [0, 0.05) is 17.8 Å². The molecular weight excluding hydrogens is 307 g/mol. The number of nitrogen functional groups attached to an aromatic ring is 1. The van der Waals surface area contributed by atoms with Crippen molar-refractivity contribution in [2.45, 2.75) is 0 Å². The van der Waals surface area contributed by atoms with Crippen LogP contribution in [0.1, 0.15) is 0 Å². The van der Waals surface area contributed by atoms with Crippen LogP contribution in [-0.2, 0) is 0 Å². The molecule has 6 heteroatoms. The predicted octanol–water partition coefficient (Wildman–Crippen LogP) is 3.91. The molecule has 5 nitrogen and oxygen atoms in total. The van der Waals surface area contributed by atoms with Crippen LogP contribution in [0.2, 0.25) is 0 Å². The average Bonchev–Trinajstić information content (AvgIpc) is 3.01. The highest BCUT2D eigenvalue weighted by atomic mass is 19.1. The number of nitrogens with zero attached hydrogens (tertiary/aromatic N) is 3. The molecule has 24 heavy (non-hydrogen) atoms. The maximum Gasteiger partial charge on any atom is 0.206 e. The van der Waals surface area contributed by atoms with E-state index in [4.69, 9.17) is 10.5 Å². The second-order valence-electron chi connectivity index (χ2n) is 5.23. The molecule has 118 valence electrons. The fourth-order valence-electron chi connectivity index (χ4n) is 2.51. The van der Waals surface area contributed by atoms with Gasteiger partial charge in [-0.3, -0.25) is 4.40 Å². The van der Waals surface area contributed by atoms with Crippen molar-refractivity contribution in [2.24, 2.45) is 0 Å². The van der Waals surface area contributed by atoms with Crippen LogP contribution in [0.3, 0.4) is 0 Å². The Morgan fingerprint density at radius 1 is 0.958 bits per heavy atom. The third-order valence-electron chi connectivity index (χ3n) is 3.61. The summed E-state index contributed by atoms with van der Waals surface area (Å²) < 4.78 is 20.6. The van der Waals surface area contributed by atoms with E-state index in [1.165, 1.54) is 12.1 Å². The number of rotatable bonds is 3. The van der Waals surface area contributed by atoms with Crippen molar-refractivity contribution in [3.8, 4) is 22.9 Å². The SMILES string of the molecule is Nc1nccc2cnc(-c3ccc(Oc4cccc(F)c4)cc3)n12. The molecule has 0 aliphatic carbocycles. The maximum atomic E-state index is 13.2. The molecule has 4 aromatic rings. The number of hydrogen-bond donors (Lipinski definition) is 1. The summed E-state index contributed by atoms with van der Waals surface area (Å²) in [4.78, 5) is 8.49. The fourth-order valence-corrected chi connectivity index (χ4v) is 2.51. The molecule has 0 fully saturated rings. The Morgan fingerprint density at radius 3 is 2.58 bits per heavy atom. The minimum atomic E-state index is -0.337. The molecule has 0 amide bonds. The molecule has 0 aliphatic heterocycles. The normalized spacial score (nSPS) is 10.9. The van der Waals surface area contributed by atoms with Gasteiger partial charge in [0.2, 0.25) is 5.95 Å². The van der Waals surface area contributed by atoms with Gasteiger partial charge in [0.15, 0.2) is 0 Å². The number of aromatic nitrogens is 3. The van der Waals surface area contributed by atoms with Crippen LogP contribution >= 0.6 is 0 Å². The van der Waals surface area contributed by atoms with Crippen LogP contribution in [-0.4, -0.2) is 14.4 Å². The quantitative estimate of drug-likeness (QED) is 0.621. The fraction of sp³-hybridized carbons (Fsp3) is 0. The molecule has 0 atom stereocenters. The Morgan fingerprint density at radius 2 is 1.79 bits per heavy atom. The molecule has 0 unspecified atom stereocenters. The summed E-state index contributed by atoms with van der Waals surface area (Å²) in [7, 11) is 0. The zero-order valence-corrected chi connectivity index (χ0v) is 12.6. The Labute approximate surface area is 137 Å². The second kappa shape index (κ2) is 5.66. The van der Waals surface area contributed by atoms with E-state index in [2.05, 4.69) is 9.97 Å². The lowest BCUT2D eigenvalue weighted by atomic mass is 10.2. The van der Waals surface area contributed by atoms with Crippen LogP contribution in [0.5, 0.6) is 11.5 Å². The molecule has 0 saturated carbocycles. The van der Waals surface area contributed by atoms with E-state index in [1.807, 2.05) is 18.2 Å². The van der Waals surface area contributed by atoms with E-state index in [9.17, 15) is 4.39 Å².